The highest BCUT2D eigenvalue weighted by molar-refractivity contribution is 5.45. The molecule has 2 aromatic rings. The van der Waals surface area contributed by atoms with Crippen LogP contribution >= 0.6 is 0 Å². The van der Waals surface area contributed by atoms with Crippen molar-refractivity contribution >= 4 is 5.69 Å². The van der Waals surface area contributed by atoms with Crippen molar-refractivity contribution in [1.29, 1.82) is 5.26 Å². The van der Waals surface area contributed by atoms with Crippen molar-refractivity contribution < 1.29 is 0 Å². The lowest BCUT2D eigenvalue weighted by atomic mass is 10.1. The topological polar surface area (TPSA) is 39.1 Å². The molecular weight excluding hydrogens is 294 g/mol. The normalized spacial score (nSPS) is 11.5. The average Bonchev–Trinajstić information content (AvgIpc) is 2.61. The van der Waals surface area contributed by atoms with Crippen LogP contribution in [0.1, 0.15) is 23.6 Å². The van der Waals surface area contributed by atoms with Crippen molar-refractivity contribution in [3.8, 4) is 18.4 Å². The van der Waals surface area contributed by atoms with Gasteiger partial charge in [-0.15, -0.1) is 6.42 Å². The number of nitrogens with zero attached hydrogens (tertiary/aromatic N) is 2. The number of nitrogens with one attached hydrogen (secondary N) is 1. The molecule has 1 unspecified atom stereocenters. The van der Waals surface area contributed by atoms with Gasteiger partial charge < -0.3 is 5.32 Å². The Bertz CT molecular complexity index is 718. The molecule has 3 heteroatoms. The second-order valence-electron chi connectivity index (χ2n) is 6.03. The predicted molar refractivity (Wildman–Crippen MR) is 99.6 cm³/mol. The molecule has 2 rings (SSSR count). The summed E-state index contributed by atoms with van der Waals surface area (Å²) in [6, 6.07) is 18.7. The first-order valence-corrected chi connectivity index (χ1v) is 8.08. The van der Waals surface area contributed by atoms with Crippen LogP contribution in [-0.4, -0.2) is 24.5 Å². The molecule has 1 N–H and O–H groups in total. The van der Waals surface area contributed by atoms with Crippen LogP contribution in [0.5, 0.6) is 0 Å². The lowest BCUT2D eigenvalue weighted by molar-refractivity contribution is 0.287. The summed E-state index contributed by atoms with van der Waals surface area (Å²) in [6.07, 6.45) is 6.34. The molecule has 2 aromatic carbocycles. The van der Waals surface area contributed by atoms with Crippen LogP contribution in [0.15, 0.2) is 48.5 Å². The van der Waals surface area contributed by atoms with E-state index in [1.54, 1.807) is 0 Å². The maximum absolute atomic E-state index is 8.81. The minimum Gasteiger partial charge on any atom is -0.381 e. The highest BCUT2D eigenvalue weighted by Crippen LogP contribution is 2.14. The van der Waals surface area contributed by atoms with Crippen molar-refractivity contribution in [2.75, 3.05) is 18.9 Å². The summed E-state index contributed by atoms with van der Waals surface area (Å²) < 4.78 is 0. The molecule has 1 atom stereocenters. The third kappa shape index (κ3) is 5.16. The number of likely N-dealkylation sites (N-methyl/N-ethyl adjacent to an activating group) is 1. The molecule has 0 heterocycles. The third-order valence-corrected chi connectivity index (χ3v) is 4.16. The molecule has 0 fully saturated rings. The van der Waals surface area contributed by atoms with Crippen LogP contribution in [0.3, 0.4) is 0 Å². The summed E-state index contributed by atoms with van der Waals surface area (Å²) in [5.41, 5.74) is 4.23. The number of nitriles is 1. The predicted octanol–water partition coefficient (Wildman–Crippen LogP) is 3.67. The Morgan fingerprint density at radius 1 is 1.08 bits per heavy atom. The Morgan fingerprint density at radius 3 is 2.29 bits per heavy atom. The summed E-state index contributed by atoms with van der Waals surface area (Å²) >= 11 is 0. The fraction of sp³-hybridized carbons (Fsp3) is 0.286. The van der Waals surface area contributed by atoms with Gasteiger partial charge in [0.2, 0.25) is 0 Å². The van der Waals surface area contributed by atoms with Crippen LogP contribution in [0, 0.1) is 23.7 Å². The molecule has 0 bridgehead atoms. The standard InChI is InChI=1S/C21H23N3/c1-4-13-24(3)17(2)14-18-9-11-21(12-10-18)23-16-20-7-5-19(15-22)6-8-20/h1,5-12,17,23H,13-14,16H2,2-3H3. The van der Waals surface area contributed by atoms with Crippen LogP contribution in [0.25, 0.3) is 0 Å². The SMILES string of the molecule is C#CCN(C)C(C)Cc1ccc(NCc2ccc(C#N)cc2)cc1. The Balaban J connectivity index is 1.87. The fourth-order valence-electron chi connectivity index (χ4n) is 2.46. The van der Waals surface area contributed by atoms with Crippen molar-refractivity contribution in [3.05, 3.63) is 65.2 Å². The van der Waals surface area contributed by atoms with Crippen LogP contribution in [-0.2, 0) is 13.0 Å². The van der Waals surface area contributed by atoms with E-state index in [9.17, 15) is 0 Å². The largest absolute Gasteiger partial charge is 0.381 e. The number of benzene rings is 2. The van der Waals surface area contributed by atoms with Crippen LogP contribution in [0.4, 0.5) is 5.69 Å². The third-order valence-electron chi connectivity index (χ3n) is 4.16. The minimum atomic E-state index is 0.415. The minimum absolute atomic E-state index is 0.415. The smallest absolute Gasteiger partial charge is 0.0991 e. The highest BCUT2D eigenvalue weighted by Gasteiger charge is 2.08. The fourth-order valence-corrected chi connectivity index (χ4v) is 2.46. The van der Waals surface area contributed by atoms with E-state index >= 15 is 0 Å². The quantitative estimate of drug-likeness (QED) is 0.792. The van der Waals surface area contributed by atoms with E-state index in [-0.39, 0.29) is 0 Å². The zero-order valence-corrected chi connectivity index (χ0v) is 14.3. The number of anilines is 1. The van der Waals surface area contributed by atoms with E-state index in [4.69, 9.17) is 11.7 Å². The maximum atomic E-state index is 8.81. The number of hydrogen-bond donors (Lipinski definition) is 1. The molecule has 0 aromatic heterocycles. The van der Waals surface area contributed by atoms with Crippen LogP contribution in [0.2, 0.25) is 0 Å². The molecule has 0 aliphatic carbocycles. The zero-order chi connectivity index (χ0) is 17.4. The molecule has 0 aliphatic rings. The zero-order valence-electron chi connectivity index (χ0n) is 14.3. The van der Waals surface area contributed by atoms with E-state index in [0.29, 0.717) is 18.2 Å². The molecule has 0 aliphatic heterocycles. The van der Waals surface area contributed by atoms with Crippen molar-refractivity contribution in [2.45, 2.75) is 25.9 Å². The number of rotatable bonds is 7. The van der Waals surface area contributed by atoms with Gasteiger partial charge in [0.15, 0.2) is 0 Å². The lowest BCUT2D eigenvalue weighted by Gasteiger charge is -2.22. The van der Waals surface area contributed by atoms with Gasteiger partial charge >= 0.3 is 0 Å². The highest BCUT2D eigenvalue weighted by atomic mass is 15.1. The molecular formula is C21H23N3. The molecule has 24 heavy (non-hydrogen) atoms. The van der Waals surface area contributed by atoms with Gasteiger partial charge in [0.25, 0.3) is 0 Å². The van der Waals surface area contributed by atoms with E-state index in [1.807, 2.05) is 24.3 Å². The first-order valence-electron chi connectivity index (χ1n) is 8.08. The second-order valence-corrected chi connectivity index (χ2v) is 6.03. The van der Waals surface area contributed by atoms with E-state index in [2.05, 4.69) is 60.4 Å². The van der Waals surface area contributed by atoms with Gasteiger partial charge in [-0.3, -0.25) is 4.90 Å². The lowest BCUT2D eigenvalue weighted by Crippen LogP contribution is -2.31. The average molecular weight is 317 g/mol. The molecule has 0 saturated heterocycles. The molecule has 3 nitrogen and oxygen atoms in total. The first kappa shape index (κ1) is 17.6. The Kier molecular flexibility index (Phi) is 6.43. The van der Waals surface area contributed by atoms with Gasteiger partial charge in [-0.2, -0.15) is 5.26 Å². The second kappa shape index (κ2) is 8.77. The van der Waals surface area contributed by atoms with Gasteiger partial charge in [-0.1, -0.05) is 30.2 Å². The molecule has 0 saturated carbocycles. The molecule has 0 amide bonds. The molecule has 122 valence electrons. The molecule has 0 spiro atoms. The van der Waals surface area contributed by atoms with Gasteiger partial charge in [0.1, 0.15) is 0 Å². The van der Waals surface area contributed by atoms with Gasteiger partial charge in [0.05, 0.1) is 18.2 Å². The van der Waals surface area contributed by atoms with Crippen molar-refractivity contribution in [2.24, 2.45) is 0 Å². The summed E-state index contributed by atoms with van der Waals surface area (Å²) in [7, 11) is 2.05. The van der Waals surface area contributed by atoms with Gasteiger partial charge in [-0.05, 0) is 55.8 Å². The van der Waals surface area contributed by atoms with Crippen molar-refractivity contribution in [3.63, 3.8) is 0 Å². The summed E-state index contributed by atoms with van der Waals surface area (Å²) in [5.74, 6) is 2.68. The number of terminal acetylenes is 1. The Morgan fingerprint density at radius 2 is 1.71 bits per heavy atom. The van der Waals surface area contributed by atoms with Crippen LogP contribution < -0.4 is 5.32 Å². The van der Waals surface area contributed by atoms with Gasteiger partial charge in [-0.25, -0.2) is 0 Å². The summed E-state index contributed by atoms with van der Waals surface area (Å²) in [5, 5.41) is 12.2. The van der Waals surface area contributed by atoms with E-state index in [0.717, 1.165) is 24.2 Å². The molecule has 0 radical (unpaired) electrons. The van der Waals surface area contributed by atoms with E-state index < -0.39 is 0 Å². The summed E-state index contributed by atoms with van der Waals surface area (Å²) in [6.45, 7) is 3.60. The maximum Gasteiger partial charge on any atom is 0.0991 e. The van der Waals surface area contributed by atoms with Gasteiger partial charge in [0, 0.05) is 18.3 Å². The monoisotopic (exact) mass is 317 g/mol. The van der Waals surface area contributed by atoms with Crippen molar-refractivity contribution in [1.82, 2.24) is 4.90 Å². The Labute approximate surface area is 144 Å². The Hall–Kier alpha value is -2.75. The number of hydrogen-bond acceptors (Lipinski definition) is 3. The first-order chi connectivity index (χ1) is 11.6. The van der Waals surface area contributed by atoms with E-state index in [1.165, 1.54) is 5.56 Å². The summed E-state index contributed by atoms with van der Waals surface area (Å²) in [4.78, 5) is 2.18.